The number of hydrogen-bond acceptors (Lipinski definition) is 4. The van der Waals surface area contributed by atoms with Crippen molar-refractivity contribution in [2.75, 3.05) is 0 Å². The molecule has 1 saturated carbocycles. The van der Waals surface area contributed by atoms with Crippen LogP contribution in [0.1, 0.15) is 6.42 Å². The molecule has 0 aromatic rings. The third-order valence-electron chi connectivity index (χ3n) is 3.53. The number of fused-ring (bicyclic) bond motifs is 1. The van der Waals surface area contributed by atoms with Crippen molar-refractivity contribution in [2.24, 2.45) is 16.7 Å². The first-order valence-electron chi connectivity index (χ1n) is 5.41. The summed E-state index contributed by atoms with van der Waals surface area (Å²) in [6.45, 7) is 0. The third kappa shape index (κ3) is 1.05. The van der Waals surface area contributed by atoms with E-state index in [4.69, 9.17) is 0 Å². The average molecular weight is 232 g/mol. The summed E-state index contributed by atoms with van der Waals surface area (Å²) >= 11 is 0. The van der Waals surface area contributed by atoms with Crippen molar-refractivity contribution < 1.29 is 0 Å². The van der Waals surface area contributed by atoms with Gasteiger partial charge in [0, 0.05) is 5.92 Å². The SMILES string of the molecule is N#CC1(C#N)C2=C/C=C\C/C=C/C2C1(C#N)C#N. The van der Waals surface area contributed by atoms with Gasteiger partial charge < -0.3 is 0 Å². The lowest BCUT2D eigenvalue weighted by Crippen LogP contribution is -2.57. The monoisotopic (exact) mass is 232 g/mol. The van der Waals surface area contributed by atoms with Gasteiger partial charge in [0.15, 0.2) is 10.8 Å². The highest BCUT2D eigenvalue weighted by atomic mass is 14.7. The molecule has 0 radical (unpaired) electrons. The molecular weight excluding hydrogens is 224 g/mol. The summed E-state index contributed by atoms with van der Waals surface area (Å²) in [5.41, 5.74) is -2.74. The van der Waals surface area contributed by atoms with Crippen molar-refractivity contribution in [3.63, 3.8) is 0 Å². The average Bonchev–Trinajstić information content (AvgIpc) is 2.37. The molecule has 0 amide bonds. The van der Waals surface area contributed by atoms with E-state index < -0.39 is 16.7 Å². The number of rotatable bonds is 0. The van der Waals surface area contributed by atoms with Crippen molar-refractivity contribution in [1.82, 2.24) is 0 Å². The Bertz CT molecular complexity index is 609. The van der Waals surface area contributed by atoms with Gasteiger partial charge in [-0.1, -0.05) is 30.4 Å². The standard InChI is InChI=1S/C14H8N4/c15-7-13(8-16)11-5-3-1-2-4-6-12(11)14(13,9-17)10-18/h1,3-6,12H,2H2/b3-1-,6-4+,11-5?. The summed E-state index contributed by atoms with van der Waals surface area (Å²) in [5, 5.41) is 37.1. The molecule has 4 heteroatoms. The quantitative estimate of drug-likeness (QED) is 0.597. The highest BCUT2D eigenvalue weighted by molar-refractivity contribution is 5.60. The van der Waals surface area contributed by atoms with Gasteiger partial charge in [0.2, 0.25) is 0 Å². The Morgan fingerprint density at radius 2 is 1.67 bits per heavy atom. The summed E-state index contributed by atoms with van der Waals surface area (Å²) < 4.78 is 0. The predicted octanol–water partition coefficient (Wildman–Crippen LogP) is 2.13. The molecule has 84 valence electrons. The highest BCUT2D eigenvalue weighted by Gasteiger charge is 2.71. The van der Waals surface area contributed by atoms with Crippen molar-refractivity contribution >= 4 is 0 Å². The van der Waals surface area contributed by atoms with Gasteiger partial charge in [-0.3, -0.25) is 0 Å². The molecule has 0 aliphatic heterocycles. The van der Waals surface area contributed by atoms with Crippen LogP contribution in [0.15, 0.2) is 36.0 Å². The van der Waals surface area contributed by atoms with Crippen LogP contribution in [-0.2, 0) is 0 Å². The van der Waals surface area contributed by atoms with E-state index in [0.29, 0.717) is 12.0 Å². The molecule has 2 rings (SSSR count). The second-order valence-corrected chi connectivity index (χ2v) is 4.20. The highest BCUT2D eigenvalue weighted by Crippen LogP contribution is 2.64. The number of hydrogen-bond donors (Lipinski definition) is 0. The van der Waals surface area contributed by atoms with Gasteiger partial charge in [0.05, 0.1) is 24.3 Å². The van der Waals surface area contributed by atoms with Crippen molar-refractivity contribution in [3.05, 3.63) is 36.0 Å². The van der Waals surface area contributed by atoms with Crippen LogP contribution in [0.3, 0.4) is 0 Å². The van der Waals surface area contributed by atoms with Gasteiger partial charge in [0.1, 0.15) is 0 Å². The van der Waals surface area contributed by atoms with Crippen molar-refractivity contribution in [1.29, 1.82) is 21.0 Å². The molecule has 0 aromatic heterocycles. The van der Waals surface area contributed by atoms with E-state index in [0.717, 1.165) is 0 Å². The van der Waals surface area contributed by atoms with Crippen molar-refractivity contribution in [2.45, 2.75) is 6.42 Å². The minimum atomic E-state index is -1.66. The van der Waals surface area contributed by atoms with Gasteiger partial charge in [-0.25, -0.2) is 0 Å². The maximum atomic E-state index is 9.28. The fourth-order valence-electron chi connectivity index (χ4n) is 2.53. The first-order valence-corrected chi connectivity index (χ1v) is 5.41. The zero-order valence-electron chi connectivity index (χ0n) is 9.46. The van der Waals surface area contributed by atoms with Crippen molar-refractivity contribution in [3.8, 4) is 24.3 Å². The smallest absolute Gasteiger partial charge is 0.196 e. The first-order chi connectivity index (χ1) is 8.72. The molecule has 1 fully saturated rings. The second kappa shape index (κ2) is 3.89. The van der Waals surface area contributed by atoms with E-state index in [1.54, 1.807) is 18.2 Å². The van der Waals surface area contributed by atoms with Crippen LogP contribution in [0.2, 0.25) is 0 Å². The molecule has 18 heavy (non-hydrogen) atoms. The van der Waals surface area contributed by atoms with Crippen LogP contribution in [0.4, 0.5) is 0 Å². The van der Waals surface area contributed by atoms with E-state index >= 15 is 0 Å². The number of nitrogens with zero attached hydrogens (tertiary/aromatic N) is 4. The van der Waals surface area contributed by atoms with Gasteiger partial charge in [0.25, 0.3) is 0 Å². The Morgan fingerprint density at radius 3 is 2.22 bits per heavy atom. The molecule has 2 aliphatic carbocycles. The van der Waals surface area contributed by atoms with Gasteiger partial charge >= 0.3 is 0 Å². The zero-order valence-corrected chi connectivity index (χ0v) is 9.46. The molecule has 0 spiro atoms. The molecule has 2 aliphatic rings. The third-order valence-corrected chi connectivity index (χ3v) is 3.53. The Hall–Kier alpha value is -2.82. The predicted molar refractivity (Wildman–Crippen MR) is 61.8 cm³/mol. The second-order valence-electron chi connectivity index (χ2n) is 4.20. The van der Waals surface area contributed by atoms with E-state index in [9.17, 15) is 21.0 Å². The first kappa shape index (κ1) is 11.7. The molecule has 4 nitrogen and oxygen atoms in total. The molecule has 1 unspecified atom stereocenters. The van der Waals surface area contributed by atoms with Crippen LogP contribution >= 0.6 is 0 Å². The van der Waals surface area contributed by atoms with Crippen LogP contribution in [0, 0.1) is 62.1 Å². The minimum absolute atomic E-state index is 0.475. The lowest BCUT2D eigenvalue weighted by atomic mass is 9.42. The molecule has 0 bridgehead atoms. The Kier molecular flexibility index (Phi) is 2.52. The topological polar surface area (TPSA) is 95.2 Å². The maximum absolute atomic E-state index is 9.28. The van der Waals surface area contributed by atoms with Crippen LogP contribution in [0.25, 0.3) is 0 Å². The molecule has 1 atom stereocenters. The Labute approximate surface area is 105 Å². The fraction of sp³-hybridized carbons (Fsp3) is 0.286. The lowest BCUT2D eigenvalue weighted by molar-refractivity contribution is 0.171. The van der Waals surface area contributed by atoms with E-state index in [2.05, 4.69) is 0 Å². The largest absolute Gasteiger partial charge is 0.198 e. The van der Waals surface area contributed by atoms with Crippen LogP contribution in [0.5, 0.6) is 0 Å². The summed E-state index contributed by atoms with van der Waals surface area (Å²) in [5.74, 6) is -0.475. The number of allylic oxidation sites excluding steroid dienone is 6. The maximum Gasteiger partial charge on any atom is 0.198 e. The van der Waals surface area contributed by atoms with Crippen LogP contribution < -0.4 is 0 Å². The van der Waals surface area contributed by atoms with E-state index in [1.165, 1.54) is 0 Å². The molecule has 0 heterocycles. The van der Waals surface area contributed by atoms with Crippen LogP contribution in [-0.4, -0.2) is 0 Å². The number of nitriles is 4. The molecular formula is C14H8N4. The summed E-state index contributed by atoms with van der Waals surface area (Å²) in [6.07, 6.45) is 9.61. The van der Waals surface area contributed by atoms with E-state index in [1.807, 2.05) is 36.4 Å². The molecule has 0 N–H and O–H groups in total. The van der Waals surface area contributed by atoms with E-state index in [-0.39, 0.29) is 0 Å². The lowest BCUT2D eigenvalue weighted by Gasteiger charge is -2.50. The molecule has 0 aromatic carbocycles. The fourth-order valence-corrected chi connectivity index (χ4v) is 2.53. The van der Waals surface area contributed by atoms with Gasteiger partial charge in [-0.05, 0) is 12.0 Å². The zero-order chi connectivity index (χ0) is 13.2. The van der Waals surface area contributed by atoms with Gasteiger partial charge in [-0.2, -0.15) is 21.0 Å². The molecule has 0 saturated heterocycles. The summed E-state index contributed by atoms with van der Waals surface area (Å²) in [7, 11) is 0. The minimum Gasteiger partial charge on any atom is -0.196 e. The Morgan fingerprint density at radius 1 is 1.00 bits per heavy atom. The summed E-state index contributed by atoms with van der Waals surface area (Å²) in [4.78, 5) is 0. The summed E-state index contributed by atoms with van der Waals surface area (Å²) in [6, 6.07) is 7.49. The van der Waals surface area contributed by atoms with Gasteiger partial charge in [-0.15, -0.1) is 0 Å². The Balaban J connectivity index is 2.72. The normalized spacial score (nSPS) is 29.1.